The summed E-state index contributed by atoms with van der Waals surface area (Å²) in [4.78, 5) is 15.9. The molecule has 0 fully saturated rings. The summed E-state index contributed by atoms with van der Waals surface area (Å²) in [5, 5.41) is 1.73. The molecule has 0 amide bonds. The lowest BCUT2D eigenvalue weighted by Gasteiger charge is -2.19. The first-order valence-electron chi connectivity index (χ1n) is 6.28. The van der Waals surface area contributed by atoms with Crippen LogP contribution in [-0.2, 0) is 11.4 Å². The van der Waals surface area contributed by atoms with Crippen molar-refractivity contribution in [1.29, 1.82) is 0 Å². The van der Waals surface area contributed by atoms with Gasteiger partial charge in [-0.25, -0.2) is 4.98 Å². The van der Waals surface area contributed by atoms with Crippen molar-refractivity contribution in [1.82, 2.24) is 4.98 Å². The number of rotatable bonds is 0. The van der Waals surface area contributed by atoms with Crippen molar-refractivity contribution in [2.45, 2.75) is 13.0 Å². The summed E-state index contributed by atoms with van der Waals surface area (Å²) >= 11 is 0. The minimum absolute atomic E-state index is 0.0937. The summed E-state index contributed by atoms with van der Waals surface area (Å²) in [6, 6.07) is 10.3. The van der Waals surface area contributed by atoms with E-state index < -0.39 is 0 Å². The number of benzene rings is 1. The van der Waals surface area contributed by atoms with E-state index in [-0.39, 0.29) is 5.78 Å². The highest BCUT2D eigenvalue weighted by molar-refractivity contribution is 6.09. The largest absolute Gasteiger partial charge is 0.472 e. The fourth-order valence-corrected chi connectivity index (χ4v) is 2.58. The molecule has 2 aliphatic rings. The zero-order chi connectivity index (χ0) is 12.8. The number of fused-ring (bicyclic) bond motifs is 4. The van der Waals surface area contributed by atoms with Crippen molar-refractivity contribution in [3.63, 3.8) is 0 Å². The number of hydrogen-bond acceptors (Lipinski definition) is 3. The van der Waals surface area contributed by atoms with Gasteiger partial charge < -0.3 is 4.74 Å². The van der Waals surface area contributed by atoms with Crippen LogP contribution < -0.4 is 15.3 Å². The Morgan fingerprint density at radius 3 is 3.00 bits per heavy atom. The molecule has 2 aromatic rings. The Bertz CT molecular complexity index is 821. The van der Waals surface area contributed by atoms with Gasteiger partial charge in [-0.05, 0) is 22.4 Å². The van der Waals surface area contributed by atoms with E-state index in [2.05, 4.69) is 23.2 Å². The lowest BCUT2D eigenvalue weighted by Crippen LogP contribution is -2.33. The molecule has 3 heteroatoms. The predicted octanol–water partition coefficient (Wildman–Crippen LogP) is 1.17. The van der Waals surface area contributed by atoms with Crippen LogP contribution in [0, 0.1) is 0 Å². The van der Waals surface area contributed by atoms with Gasteiger partial charge in [0, 0.05) is 18.1 Å². The van der Waals surface area contributed by atoms with Crippen molar-refractivity contribution in [2.75, 3.05) is 0 Å². The number of ketones is 1. The molecule has 0 N–H and O–H groups in total. The maximum atomic E-state index is 11.4. The third-order valence-corrected chi connectivity index (χ3v) is 3.54. The van der Waals surface area contributed by atoms with Gasteiger partial charge in [-0.3, -0.25) is 4.79 Å². The summed E-state index contributed by atoms with van der Waals surface area (Å²) in [6.07, 6.45) is 3.98. The number of aromatic nitrogens is 1. The molecule has 1 aliphatic heterocycles. The molecule has 0 atom stereocenters. The van der Waals surface area contributed by atoms with Gasteiger partial charge in [0.2, 0.25) is 5.88 Å². The van der Waals surface area contributed by atoms with Gasteiger partial charge in [0.25, 0.3) is 0 Å². The molecular formula is C16H11NO2. The lowest BCUT2D eigenvalue weighted by atomic mass is 9.98. The molecular weight excluding hydrogens is 238 g/mol. The minimum Gasteiger partial charge on any atom is -0.472 e. The van der Waals surface area contributed by atoms with E-state index in [4.69, 9.17) is 4.74 Å². The Kier molecular flexibility index (Phi) is 2.09. The summed E-state index contributed by atoms with van der Waals surface area (Å²) in [7, 11) is 0. The normalized spacial score (nSPS) is 15.3. The molecule has 19 heavy (non-hydrogen) atoms. The van der Waals surface area contributed by atoms with Gasteiger partial charge in [-0.1, -0.05) is 30.3 Å². The summed E-state index contributed by atoms with van der Waals surface area (Å²) in [6.45, 7) is 0.534. The molecule has 3 nitrogen and oxygen atoms in total. The zero-order valence-electron chi connectivity index (χ0n) is 10.2. The Morgan fingerprint density at radius 2 is 2.05 bits per heavy atom. The second-order valence-electron chi connectivity index (χ2n) is 4.78. The number of ether oxygens (including phenoxy) is 1. The maximum Gasteiger partial charge on any atom is 0.222 e. The molecule has 0 bridgehead atoms. The summed E-state index contributed by atoms with van der Waals surface area (Å²) < 4.78 is 5.69. The molecule has 4 rings (SSSR count). The van der Waals surface area contributed by atoms with E-state index in [0.29, 0.717) is 18.9 Å². The van der Waals surface area contributed by atoms with Crippen molar-refractivity contribution in [2.24, 2.45) is 0 Å². The second kappa shape index (κ2) is 3.79. The fourth-order valence-electron chi connectivity index (χ4n) is 2.58. The maximum absolute atomic E-state index is 11.4. The van der Waals surface area contributed by atoms with Crippen molar-refractivity contribution >= 4 is 17.9 Å². The van der Waals surface area contributed by atoms with E-state index in [0.717, 1.165) is 16.1 Å². The highest BCUT2D eigenvalue weighted by Crippen LogP contribution is 2.33. The van der Waals surface area contributed by atoms with Crippen LogP contribution in [0.5, 0.6) is 5.88 Å². The van der Waals surface area contributed by atoms with E-state index in [1.165, 1.54) is 11.1 Å². The molecule has 0 radical (unpaired) electrons. The monoisotopic (exact) mass is 249 g/mol. The Balaban J connectivity index is 2.04. The van der Waals surface area contributed by atoms with E-state index >= 15 is 0 Å². The lowest BCUT2D eigenvalue weighted by molar-refractivity contribution is -0.112. The fraction of sp³-hybridized carbons (Fsp3) is 0.125. The Morgan fingerprint density at radius 1 is 1.16 bits per heavy atom. The third kappa shape index (κ3) is 1.58. The van der Waals surface area contributed by atoms with Gasteiger partial charge in [-0.2, -0.15) is 0 Å². The molecule has 0 saturated heterocycles. The molecule has 2 heterocycles. The Hall–Kier alpha value is -2.42. The first-order chi connectivity index (χ1) is 9.31. The highest BCUT2D eigenvalue weighted by Gasteiger charge is 2.18. The minimum atomic E-state index is 0.0937. The van der Waals surface area contributed by atoms with Crippen LogP contribution in [0.25, 0.3) is 23.3 Å². The molecule has 1 aromatic carbocycles. The van der Waals surface area contributed by atoms with Gasteiger partial charge in [-0.15, -0.1) is 0 Å². The SMILES string of the molecule is O=C1C=c2nc3c(cc2=CC1)-c1ccccc1CO3. The number of carbonyl (C=O) groups excluding carboxylic acids is 1. The smallest absolute Gasteiger partial charge is 0.222 e. The highest BCUT2D eigenvalue weighted by atomic mass is 16.5. The van der Waals surface area contributed by atoms with Crippen LogP contribution in [0.15, 0.2) is 30.3 Å². The number of hydrogen-bond donors (Lipinski definition) is 0. The van der Waals surface area contributed by atoms with Crippen LogP contribution in [0.1, 0.15) is 12.0 Å². The number of carbonyl (C=O) groups is 1. The van der Waals surface area contributed by atoms with Crippen LogP contribution in [0.3, 0.4) is 0 Å². The van der Waals surface area contributed by atoms with Crippen LogP contribution in [0.4, 0.5) is 0 Å². The molecule has 0 unspecified atom stereocenters. The van der Waals surface area contributed by atoms with E-state index in [1.807, 2.05) is 18.2 Å². The number of nitrogens with zero attached hydrogens (tertiary/aromatic N) is 1. The molecule has 0 spiro atoms. The van der Waals surface area contributed by atoms with Crippen molar-refractivity contribution in [3.05, 3.63) is 46.5 Å². The molecule has 1 aliphatic carbocycles. The van der Waals surface area contributed by atoms with Crippen molar-refractivity contribution < 1.29 is 9.53 Å². The summed E-state index contributed by atoms with van der Waals surface area (Å²) in [5.41, 5.74) is 3.36. The zero-order valence-corrected chi connectivity index (χ0v) is 10.2. The average molecular weight is 249 g/mol. The van der Waals surface area contributed by atoms with Gasteiger partial charge >= 0.3 is 0 Å². The molecule has 0 saturated carbocycles. The predicted molar refractivity (Wildman–Crippen MR) is 71.8 cm³/mol. The van der Waals surface area contributed by atoms with Crippen LogP contribution in [0.2, 0.25) is 0 Å². The van der Waals surface area contributed by atoms with E-state index in [1.54, 1.807) is 6.08 Å². The third-order valence-electron chi connectivity index (χ3n) is 3.54. The van der Waals surface area contributed by atoms with Gasteiger partial charge in [0.1, 0.15) is 6.61 Å². The standard InChI is InChI=1S/C16H11NO2/c18-12-6-5-10-7-14-13-4-2-1-3-11(13)9-19-16(14)17-15(10)8-12/h1-5,7-8H,6,9H2. The van der Waals surface area contributed by atoms with Crippen LogP contribution >= 0.6 is 0 Å². The molecule has 1 aromatic heterocycles. The first kappa shape index (κ1) is 10.5. The first-order valence-corrected chi connectivity index (χ1v) is 6.28. The Labute approximate surface area is 109 Å². The second-order valence-corrected chi connectivity index (χ2v) is 4.78. The van der Waals surface area contributed by atoms with Crippen molar-refractivity contribution in [3.8, 4) is 17.0 Å². The quantitative estimate of drug-likeness (QED) is 0.703. The molecule has 92 valence electrons. The van der Waals surface area contributed by atoms with Crippen LogP contribution in [-0.4, -0.2) is 10.8 Å². The topological polar surface area (TPSA) is 39.2 Å². The van der Waals surface area contributed by atoms with E-state index in [9.17, 15) is 4.79 Å². The average Bonchev–Trinajstić information content (AvgIpc) is 2.45. The number of pyridine rings is 1. The number of Topliss-reactive ketones (excluding diaryl/α,β-unsaturated/α-hetero) is 1. The van der Waals surface area contributed by atoms with Gasteiger partial charge in [0.15, 0.2) is 5.78 Å². The van der Waals surface area contributed by atoms with Gasteiger partial charge in [0.05, 0.1) is 5.35 Å². The summed E-state index contributed by atoms with van der Waals surface area (Å²) in [5.74, 6) is 0.716.